The standard InChI is InChI=1S/C32H39N7O2.C25H33N7O2/c1-33-27-14-12-26(13-15-27)22-38-24-34-20-29(38)16-17-35-31(40)30-23-37(21-25-8-4-2-5-9-25)18-19-39(30)32(41)36-28-10-6-3-7-11-28;1-26-20-9-7-19(8-10-20)17-31-18-28-15-22(31)11-12-29-24(33)23-16-27-13-14-32(23)25(34)30-21-5-3-2-4-6-21/h2,4-5,8-9,12-15,20,24,28,30H,3,6-7,10-11,16-19,21-23H2,(H,35,40)(H,36,41);7-10,15,18,21,23,27H,2-6,11-14,16-17H2,(H,29,33)(H,30,34)/t30-;23-/m11/s1. The van der Waals surface area contributed by atoms with E-state index in [9.17, 15) is 19.2 Å². The van der Waals surface area contributed by atoms with Gasteiger partial charge in [-0.1, -0.05) is 117 Å². The number of urea groups is 2. The maximum Gasteiger partial charge on any atom is 0.318 e. The molecule has 2 aliphatic heterocycles. The van der Waals surface area contributed by atoms with E-state index in [1.165, 1.54) is 18.4 Å². The first kappa shape index (κ1) is 53.7. The van der Waals surface area contributed by atoms with Crippen molar-refractivity contribution in [2.45, 2.75) is 121 Å². The first-order valence-corrected chi connectivity index (χ1v) is 26.8. The second-order valence-electron chi connectivity index (χ2n) is 20.1. The van der Waals surface area contributed by atoms with E-state index in [2.05, 4.69) is 67.8 Å². The van der Waals surface area contributed by atoms with Gasteiger partial charge in [0.25, 0.3) is 0 Å². The van der Waals surface area contributed by atoms with Gasteiger partial charge in [-0.25, -0.2) is 29.2 Å². The van der Waals surface area contributed by atoms with Crippen LogP contribution in [0, 0.1) is 13.1 Å². The summed E-state index contributed by atoms with van der Waals surface area (Å²) in [6, 6.07) is 24.4. The predicted octanol–water partition coefficient (Wildman–Crippen LogP) is 6.83. The van der Waals surface area contributed by atoms with E-state index in [0.29, 0.717) is 83.1 Å². The van der Waals surface area contributed by atoms with E-state index in [1.807, 2.05) is 83.7 Å². The van der Waals surface area contributed by atoms with Crippen LogP contribution in [0.15, 0.2) is 104 Å². The van der Waals surface area contributed by atoms with Gasteiger partial charge in [0.05, 0.1) is 25.8 Å². The van der Waals surface area contributed by atoms with E-state index in [1.54, 1.807) is 22.5 Å². The van der Waals surface area contributed by atoms with Crippen molar-refractivity contribution in [1.29, 1.82) is 0 Å². The minimum atomic E-state index is -0.554. The van der Waals surface area contributed by atoms with Crippen LogP contribution in [0.2, 0.25) is 0 Å². The van der Waals surface area contributed by atoms with Gasteiger partial charge in [0.15, 0.2) is 11.4 Å². The van der Waals surface area contributed by atoms with Gasteiger partial charge in [-0.2, -0.15) is 0 Å². The average molecular weight is 1020 g/mol. The summed E-state index contributed by atoms with van der Waals surface area (Å²) in [5.41, 5.74) is 6.64. The van der Waals surface area contributed by atoms with Gasteiger partial charge in [-0.15, -0.1) is 0 Å². The molecule has 4 heterocycles. The summed E-state index contributed by atoms with van der Waals surface area (Å²) >= 11 is 0. The average Bonchev–Trinajstić information content (AvgIpc) is 4.10. The Bertz CT molecular complexity index is 2700. The van der Waals surface area contributed by atoms with Gasteiger partial charge < -0.3 is 45.5 Å². The van der Waals surface area contributed by atoms with Crippen LogP contribution in [-0.2, 0) is 42.1 Å². The molecule has 0 spiro atoms. The van der Waals surface area contributed by atoms with Crippen LogP contribution in [0.1, 0.15) is 92.3 Å². The van der Waals surface area contributed by atoms with Gasteiger partial charge in [0, 0.05) is 121 Å². The van der Waals surface area contributed by atoms with Crippen LogP contribution >= 0.6 is 0 Å². The number of aromatic nitrogens is 4. The first-order chi connectivity index (χ1) is 36.7. The second-order valence-corrected chi connectivity index (χ2v) is 20.1. The lowest BCUT2D eigenvalue weighted by Gasteiger charge is -2.41. The topological polar surface area (TPSA) is 183 Å². The quantitative estimate of drug-likeness (QED) is 0.0668. The van der Waals surface area contributed by atoms with Gasteiger partial charge in [0.1, 0.15) is 12.1 Å². The summed E-state index contributed by atoms with van der Waals surface area (Å²) in [5, 5.41) is 15.7. The number of piperazine rings is 2. The zero-order chi connectivity index (χ0) is 52.2. The molecular formula is C57H72N14O4. The molecule has 0 radical (unpaired) electrons. The molecule has 2 atom stereocenters. The lowest BCUT2D eigenvalue weighted by molar-refractivity contribution is -0.127. The van der Waals surface area contributed by atoms with Crippen LogP contribution in [0.4, 0.5) is 21.0 Å². The molecule has 3 aromatic carbocycles. The second kappa shape index (κ2) is 27.7. The summed E-state index contributed by atoms with van der Waals surface area (Å²) in [6.45, 7) is 20.6. The number of hydrogen-bond donors (Lipinski definition) is 5. The van der Waals surface area contributed by atoms with Crippen molar-refractivity contribution in [2.24, 2.45) is 0 Å². The largest absolute Gasteiger partial charge is 0.354 e. The van der Waals surface area contributed by atoms with Crippen molar-refractivity contribution in [3.63, 3.8) is 0 Å². The van der Waals surface area contributed by atoms with Gasteiger partial charge >= 0.3 is 12.1 Å². The van der Waals surface area contributed by atoms with Crippen LogP contribution in [0.5, 0.6) is 0 Å². The third kappa shape index (κ3) is 15.7. The monoisotopic (exact) mass is 1020 g/mol. The highest BCUT2D eigenvalue weighted by Crippen LogP contribution is 2.22. The molecule has 5 N–H and O–H groups in total. The lowest BCUT2D eigenvalue weighted by atomic mass is 9.95. The molecule has 6 amide bonds. The SMILES string of the molecule is [C-]#[N+]c1ccc(Cn2cncc2CCNC(=O)[C@H]2CN(Cc3ccccc3)CCN2C(=O)NC2CCCCC2)cc1.[C-]#[N+]c1ccc(Cn2cncc2CCNC(=O)[C@H]2CNCCN2C(=O)NC2CCCCC2)cc1. The first-order valence-electron chi connectivity index (χ1n) is 26.8. The Morgan fingerprint density at radius 1 is 0.573 bits per heavy atom. The van der Waals surface area contributed by atoms with E-state index < -0.39 is 12.1 Å². The Morgan fingerprint density at radius 2 is 1.05 bits per heavy atom. The predicted molar refractivity (Wildman–Crippen MR) is 288 cm³/mol. The summed E-state index contributed by atoms with van der Waals surface area (Å²) in [7, 11) is 0. The van der Waals surface area contributed by atoms with E-state index >= 15 is 0 Å². The molecule has 4 aliphatic rings. The Kier molecular flexibility index (Phi) is 19.8. The Hall–Kier alpha value is -7.54. The Labute approximate surface area is 441 Å². The lowest BCUT2D eigenvalue weighted by Crippen LogP contribution is -2.63. The molecule has 18 nitrogen and oxygen atoms in total. The number of carbonyl (C=O) groups excluding carboxylic acids is 4. The normalized spacial score (nSPS) is 18.4. The highest BCUT2D eigenvalue weighted by Gasteiger charge is 2.37. The van der Waals surface area contributed by atoms with Gasteiger partial charge in [0.2, 0.25) is 11.8 Å². The molecule has 75 heavy (non-hydrogen) atoms. The molecule has 394 valence electrons. The molecule has 2 saturated carbocycles. The Balaban J connectivity index is 0.000000203. The molecule has 2 aromatic heterocycles. The molecule has 0 unspecified atom stereocenters. The molecule has 4 fully saturated rings. The molecule has 0 bridgehead atoms. The van der Waals surface area contributed by atoms with Crippen LogP contribution in [0.3, 0.4) is 0 Å². The molecule has 2 saturated heterocycles. The summed E-state index contributed by atoms with van der Waals surface area (Å²) in [6.07, 6.45) is 19.6. The number of amides is 6. The number of benzene rings is 3. The maximum atomic E-state index is 13.6. The summed E-state index contributed by atoms with van der Waals surface area (Å²) < 4.78 is 4.11. The minimum Gasteiger partial charge on any atom is -0.354 e. The number of rotatable bonds is 16. The maximum absolute atomic E-state index is 13.6. The molecule has 18 heteroatoms. The van der Waals surface area contributed by atoms with Crippen molar-refractivity contribution < 1.29 is 19.2 Å². The third-order valence-corrected chi connectivity index (χ3v) is 14.7. The van der Waals surface area contributed by atoms with Crippen LogP contribution in [-0.4, -0.2) is 134 Å². The minimum absolute atomic E-state index is 0.123. The van der Waals surface area contributed by atoms with Crippen molar-refractivity contribution >= 4 is 35.3 Å². The van der Waals surface area contributed by atoms with E-state index in [-0.39, 0.29) is 36.0 Å². The molecule has 9 rings (SSSR count). The summed E-state index contributed by atoms with van der Waals surface area (Å²) in [5.74, 6) is -0.255. The van der Waals surface area contributed by atoms with Crippen molar-refractivity contribution in [2.75, 3.05) is 52.4 Å². The highest BCUT2D eigenvalue weighted by molar-refractivity contribution is 5.88. The summed E-state index contributed by atoms with van der Waals surface area (Å²) in [4.78, 5) is 73.9. The van der Waals surface area contributed by atoms with Crippen LogP contribution < -0.4 is 26.6 Å². The fourth-order valence-electron chi connectivity index (χ4n) is 10.5. The van der Waals surface area contributed by atoms with Crippen molar-refractivity contribution in [1.82, 2.24) is 60.4 Å². The van der Waals surface area contributed by atoms with Crippen molar-refractivity contribution in [3.8, 4) is 0 Å². The number of imidazole rings is 2. The number of nitrogens with one attached hydrogen (secondary N) is 5. The highest BCUT2D eigenvalue weighted by atomic mass is 16.2. The fraction of sp³-hybridized carbons (Fsp3) is 0.474. The number of hydrogen-bond acceptors (Lipinski definition) is 8. The van der Waals surface area contributed by atoms with E-state index in [4.69, 9.17) is 13.1 Å². The van der Waals surface area contributed by atoms with E-state index in [0.717, 1.165) is 87.0 Å². The van der Waals surface area contributed by atoms with Gasteiger partial charge in [-0.3, -0.25) is 14.5 Å². The molecule has 2 aliphatic carbocycles. The molecule has 5 aromatic rings. The fourth-order valence-corrected chi connectivity index (χ4v) is 10.5. The molecular weight excluding hydrogens is 945 g/mol. The number of carbonyl (C=O) groups is 4. The van der Waals surface area contributed by atoms with Gasteiger partial charge in [-0.05, 0) is 42.4 Å². The van der Waals surface area contributed by atoms with Crippen molar-refractivity contribution in [3.05, 3.63) is 155 Å². The Morgan fingerprint density at radius 3 is 1.56 bits per heavy atom. The smallest absolute Gasteiger partial charge is 0.318 e. The zero-order valence-corrected chi connectivity index (χ0v) is 43.0. The zero-order valence-electron chi connectivity index (χ0n) is 43.0. The van der Waals surface area contributed by atoms with Crippen LogP contribution in [0.25, 0.3) is 9.69 Å². The number of nitrogens with zero attached hydrogens (tertiary/aromatic N) is 9. The third-order valence-electron chi connectivity index (χ3n) is 14.7.